The highest BCUT2D eigenvalue weighted by Gasteiger charge is 2.14. The minimum Gasteiger partial charge on any atom is -0.481 e. The zero-order valence-corrected chi connectivity index (χ0v) is 11.4. The highest BCUT2D eigenvalue weighted by Crippen LogP contribution is 2.28. The van der Waals surface area contributed by atoms with E-state index in [-0.39, 0.29) is 6.42 Å². The molecule has 0 unspecified atom stereocenters. The van der Waals surface area contributed by atoms with Crippen LogP contribution in [0.1, 0.15) is 17.9 Å². The van der Waals surface area contributed by atoms with E-state index < -0.39 is 5.97 Å². The number of aryl methyl sites for hydroxylation is 2. The Labute approximate surface area is 113 Å². The van der Waals surface area contributed by atoms with E-state index in [4.69, 9.17) is 9.52 Å². The lowest BCUT2D eigenvalue weighted by molar-refractivity contribution is -0.136. The Morgan fingerprint density at radius 3 is 2.83 bits per heavy atom. The van der Waals surface area contributed by atoms with Gasteiger partial charge in [-0.15, -0.1) is 0 Å². The summed E-state index contributed by atoms with van der Waals surface area (Å²) in [6, 6.07) is 7.62. The molecule has 2 rings (SSSR count). The number of nitrogens with zero attached hydrogens (tertiary/aromatic N) is 1. The molecule has 0 aliphatic heterocycles. The first-order chi connectivity index (χ1) is 8.58. The Balaban J connectivity index is 2.29. The second-order valence-corrected chi connectivity index (χ2v) is 4.75. The molecule has 0 fully saturated rings. The van der Waals surface area contributed by atoms with Gasteiger partial charge < -0.3 is 9.52 Å². The van der Waals surface area contributed by atoms with Crippen molar-refractivity contribution in [3.05, 3.63) is 40.2 Å². The van der Waals surface area contributed by atoms with Gasteiger partial charge in [-0.25, -0.2) is 4.98 Å². The van der Waals surface area contributed by atoms with Gasteiger partial charge in [0.15, 0.2) is 0 Å². The van der Waals surface area contributed by atoms with Gasteiger partial charge in [-0.1, -0.05) is 12.1 Å². The average molecular weight is 310 g/mol. The Morgan fingerprint density at radius 1 is 1.44 bits per heavy atom. The molecule has 0 spiro atoms. The van der Waals surface area contributed by atoms with E-state index in [1.165, 1.54) is 0 Å². The molecule has 5 heteroatoms. The maximum Gasteiger partial charge on any atom is 0.303 e. The van der Waals surface area contributed by atoms with E-state index in [9.17, 15) is 4.79 Å². The SMILES string of the molecule is Cc1oc(-c2ccccc2Br)nc1CCC(=O)O. The lowest BCUT2D eigenvalue weighted by Crippen LogP contribution is -1.98. The summed E-state index contributed by atoms with van der Waals surface area (Å²) < 4.78 is 6.48. The predicted octanol–water partition coefficient (Wildman–Crippen LogP) is 3.43. The van der Waals surface area contributed by atoms with Crippen LogP contribution in [-0.4, -0.2) is 16.1 Å². The molecule has 18 heavy (non-hydrogen) atoms. The van der Waals surface area contributed by atoms with Gasteiger partial charge in [0, 0.05) is 10.9 Å². The largest absolute Gasteiger partial charge is 0.481 e. The van der Waals surface area contributed by atoms with Gasteiger partial charge in [-0.2, -0.15) is 0 Å². The Morgan fingerprint density at radius 2 is 2.17 bits per heavy atom. The third-order valence-electron chi connectivity index (χ3n) is 2.57. The van der Waals surface area contributed by atoms with E-state index in [0.717, 1.165) is 10.0 Å². The summed E-state index contributed by atoms with van der Waals surface area (Å²) in [5.41, 5.74) is 1.56. The van der Waals surface area contributed by atoms with E-state index in [1.807, 2.05) is 24.3 Å². The first kappa shape index (κ1) is 12.8. The van der Waals surface area contributed by atoms with Crippen LogP contribution in [0, 0.1) is 6.92 Å². The van der Waals surface area contributed by atoms with Crippen molar-refractivity contribution in [2.45, 2.75) is 19.8 Å². The second kappa shape index (κ2) is 5.35. The highest BCUT2D eigenvalue weighted by molar-refractivity contribution is 9.10. The zero-order chi connectivity index (χ0) is 13.1. The molecule has 1 heterocycles. The molecule has 0 saturated carbocycles. The third-order valence-corrected chi connectivity index (χ3v) is 3.26. The van der Waals surface area contributed by atoms with Crippen molar-refractivity contribution in [1.82, 2.24) is 4.98 Å². The van der Waals surface area contributed by atoms with Gasteiger partial charge in [0.25, 0.3) is 0 Å². The summed E-state index contributed by atoms with van der Waals surface area (Å²) in [5.74, 6) is 0.349. The summed E-state index contributed by atoms with van der Waals surface area (Å²) in [4.78, 5) is 14.9. The summed E-state index contributed by atoms with van der Waals surface area (Å²) in [6.45, 7) is 1.80. The molecule has 0 bridgehead atoms. The molecule has 0 atom stereocenters. The van der Waals surface area contributed by atoms with Crippen LogP contribution in [0.2, 0.25) is 0 Å². The van der Waals surface area contributed by atoms with Crippen LogP contribution in [0.3, 0.4) is 0 Å². The van der Waals surface area contributed by atoms with Crippen LogP contribution in [-0.2, 0) is 11.2 Å². The average Bonchev–Trinajstić information content (AvgIpc) is 2.68. The summed E-state index contributed by atoms with van der Waals surface area (Å²) in [7, 11) is 0. The van der Waals surface area contributed by atoms with E-state index in [2.05, 4.69) is 20.9 Å². The number of carbonyl (C=O) groups is 1. The first-order valence-corrected chi connectivity index (χ1v) is 6.30. The van der Waals surface area contributed by atoms with Crippen molar-refractivity contribution in [2.75, 3.05) is 0 Å². The molecule has 1 aromatic heterocycles. The van der Waals surface area contributed by atoms with Crippen LogP contribution in [0.15, 0.2) is 33.2 Å². The number of carboxylic acids is 1. The topological polar surface area (TPSA) is 63.3 Å². The molecular formula is C13H12BrNO3. The number of oxazole rings is 1. The fraction of sp³-hybridized carbons (Fsp3) is 0.231. The zero-order valence-electron chi connectivity index (χ0n) is 9.81. The number of rotatable bonds is 4. The monoisotopic (exact) mass is 309 g/mol. The number of benzene rings is 1. The molecule has 0 amide bonds. The maximum absolute atomic E-state index is 10.5. The molecule has 1 N–H and O–H groups in total. The number of hydrogen-bond donors (Lipinski definition) is 1. The van der Waals surface area contributed by atoms with Gasteiger partial charge in [-0.05, 0) is 35.0 Å². The molecule has 0 aliphatic rings. The van der Waals surface area contributed by atoms with Gasteiger partial charge in [0.2, 0.25) is 5.89 Å². The van der Waals surface area contributed by atoms with Crippen LogP contribution in [0.5, 0.6) is 0 Å². The Bertz CT molecular complexity index is 577. The molecule has 94 valence electrons. The maximum atomic E-state index is 10.5. The minimum atomic E-state index is -0.833. The van der Waals surface area contributed by atoms with Crippen molar-refractivity contribution in [2.24, 2.45) is 0 Å². The lowest BCUT2D eigenvalue weighted by Gasteiger charge is -1.97. The van der Waals surface area contributed by atoms with E-state index >= 15 is 0 Å². The van der Waals surface area contributed by atoms with Crippen molar-refractivity contribution in [3.8, 4) is 11.5 Å². The number of aliphatic carboxylic acids is 1. The van der Waals surface area contributed by atoms with Crippen molar-refractivity contribution in [1.29, 1.82) is 0 Å². The van der Waals surface area contributed by atoms with Gasteiger partial charge in [-0.3, -0.25) is 4.79 Å². The molecule has 2 aromatic rings. The fourth-order valence-electron chi connectivity index (χ4n) is 1.64. The molecule has 0 radical (unpaired) electrons. The quantitative estimate of drug-likeness (QED) is 0.939. The highest BCUT2D eigenvalue weighted by atomic mass is 79.9. The summed E-state index contributed by atoms with van der Waals surface area (Å²) in [5, 5.41) is 8.67. The normalized spacial score (nSPS) is 10.6. The van der Waals surface area contributed by atoms with Gasteiger partial charge in [0.1, 0.15) is 5.76 Å². The van der Waals surface area contributed by atoms with Crippen LogP contribution < -0.4 is 0 Å². The predicted molar refractivity (Wildman–Crippen MR) is 70.3 cm³/mol. The standard InChI is InChI=1S/C13H12BrNO3/c1-8-11(6-7-12(16)17)15-13(18-8)9-4-2-3-5-10(9)14/h2-5H,6-7H2,1H3,(H,16,17). The van der Waals surface area contributed by atoms with Gasteiger partial charge >= 0.3 is 5.97 Å². The second-order valence-electron chi connectivity index (χ2n) is 3.90. The molecule has 0 saturated heterocycles. The van der Waals surface area contributed by atoms with Crippen LogP contribution >= 0.6 is 15.9 Å². The van der Waals surface area contributed by atoms with Crippen LogP contribution in [0.4, 0.5) is 0 Å². The molecule has 1 aromatic carbocycles. The Kier molecular flexibility index (Phi) is 3.81. The Hall–Kier alpha value is -1.62. The van der Waals surface area contributed by atoms with E-state index in [1.54, 1.807) is 6.92 Å². The van der Waals surface area contributed by atoms with Crippen molar-refractivity contribution >= 4 is 21.9 Å². The third kappa shape index (κ3) is 2.79. The minimum absolute atomic E-state index is 0.0583. The molecule has 0 aliphatic carbocycles. The fourth-order valence-corrected chi connectivity index (χ4v) is 2.09. The summed E-state index contributed by atoms with van der Waals surface area (Å²) >= 11 is 3.43. The molecular weight excluding hydrogens is 298 g/mol. The van der Waals surface area contributed by atoms with E-state index in [0.29, 0.717) is 23.8 Å². The van der Waals surface area contributed by atoms with Crippen LogP contribution in [0.25, 0.3) is 11.5 Å². The first-order valence-electron chi connectivity index (χ1n) is 5.51. The number of carboxylic acid groups (broad SMARTS) is 1. The van der Waals surface area contributed by atoms with Gasteiger partial charge in [0.05, 0.1) is 17.7 Å². The smallest absolute Gasteiger partial charge is 0.303 e. The number of aromatic nitrogens is 1. The summed E-state index contributed by atoms with van der Waals surface area (Å²) in [6.07, 6.45) is 0.442. The lowest BCUT2D eigenvalue weighted by atomic mass is 10.2. The molecule has 4 nitrogen and oxygen atoms in total. The number of hydrogen-bond acceptors (Lipinski definition) is 3. The number of halogens is 1. The van der Waals surface area contributed by atoms with Crippen molar-refractivity contribution < 1.29 is 14.3 Å². The van der Waals surface area contributed by atoms with Crippen molar-refractivity contribution in [3.63, 3.8) is 0 Å².